The number of nitrogens with zero attached hydrogens (tertiary/aromatic N) is 1. The first-order chi connectivity index (χ1) is 13.1. The summed E-state index contributed by atoms with van der Waals surface area (Å²) in [6.07, 6.45) is 0.239. The number of hydrogen-bond acceptors (Lipinski definition) is 4. The average molecular weight is 388 g/mol. The maximum absolute atomic E-state index is 12.4. The zero-order valence-electron chi connectivity index (χ0n) is 14.4. The molecule has 8 heteroatoms. The van der Waals surface area contributed by atoms with E-state index in [4.69, 9.17) is 21.1 Å². The average Bonchev–Trinajstić information content (AvgIpc) is 3.03. The Morgan fingerprint density at radius 3 is 2.59 bits per heavy atom. The molecule has 0 radical (unpaired) electrons. The maximum atomic E-state index is 12.4. The number of rotatable bonds is 3. The number of carbonyl (C=O) groups is 2. The second kappa shape index (κ2) is 7.36. The van der Waals surface area contributed by atoms with Crippen LogP contribution in [-0.4, -0.2) is 37.7 Å². The van der Waals surface area contributed by atoms with E-state index in [0.29, 0.717) is 42.0 Å². The van der Waals surface area contributed by atoms with Crippen LogP contribution in [0.4, 0.5) is 16.2 Å². The van der Waals surface area contributed by atoms with Gasteiger partial charge in [0.2, 0.25) is 5.91 Å². The second-order valence-corrected chi connectivity index (χ2v) is 6.78. The van der Waals surface area contributed by atoms with Crippen LogP contribution in [-0.2, 0) is 4.79 Å². The fraction of sp³-hybridized carbons (Fsp3) is 0.263. The summed E-state index contributed by atoms with van der Waals surface area (Å²) in [4.78, 5) is 26.2. The number of fused-ring (bicyclic) bond motifs is 1. The van der Waals surface area contributed by atoms with E-state index in [2.05, 4.69) is 10.6 Å². The van der Waals surface area contributed by atoms with Crippen molar-refractivity contribution in [1.82, 2.24) is 5.32 Å². The highest BCUT2D eigenvalue weighted by atomic mass is 35.5. The summed E-state index contributed by atoms with van der Waals surface area (Å²) >= 11 is 5.83. The maximum Gasteiger partial charge on any atom is 0.319 e. The summed E-state index contributed by atoms with van der Waals surface area (Å²) < 4.78 is 11.1. The fourth-order valence-electron chi connectivity index (χ4n) is 3.14. The Hall–Kier alpha value is -2.93. The van der Waals surface area contributed by atoms with E-state index < -0.39 is 0 Å². The molecule has 140 valence electrons. The minimum atomic E-state index is -0.362. The van der Waals surface area contributed by atoms with Crippen molar-refractivity contribution in [3.05, 3.63) is 47.5 Å². The number of benzene rings is 2. The first-order valence-corrected chi connectivity index (χ1v) is 8.99. The number of urea groups is 1. The van der Waals surface area contributed by atoms with Crippen LogP contribution in [0.2, 0.25) is 5.02 Å². The molecule has 0 saturated carbocycles. The van der Waals surface area contributed by atoms with Gasteiger partial charge in [-0.15, -0.1) is 0 Å². The van der Waals surface area contributed by atoms with Crippen molar-refractivity contribution in [3.63, 3.8) is 0 Å². The van der Waals surface area contributed by atoms with Gasteiger partial charge in [-0.3, -0.25) is 4.79 Å². The van der Waals surface area contributed by atoms with Crippen molar-refractivity contribution >= 4 is 34.9 Å². The molecule has 2 aliphatic heterocycles. The van der Waals surface area contributed by atoms with E-state index in [1.807, 2.05) is 6.07 Å². The molecular formula is C19H18ClN3O4. The van der Waals surface area contributed by atoms with E-state index in [0.717, 1.165) is 5.69 Å². The van der Waals surface area contributed by atoms with E-state index in [1.165, 1.54) is 0 Å². The molecule has 1 atom stereocenters. The van der Waals surface area contributed by atoms with Gasteiger partial charge in [-0.25, -0.2) is 4.79 Å². The van der Waals surface area contributed by atoms with Crippen LogP contribution >= 0.6 is 11.6 Å². The van der Waals surface area contributed by atoms with Gasteiger partial charge in [0, 0.05) is 35.4 Å². The lowest BCUT2D eigenvalue weighted by molar-refractivity contribution is -0.117. The largest absolute Gasteiger partial charge is 0.486 e. The normalized spacial score (nSPS) is 18.3. The van der Waals surface area contributed by atoms with E-state index in [1.54, 1.807) is 41.3 Å². The van der Waals surface area contributed by atoms with E-state index in [9.17, 15) is 9.59 Å². The number of amides is 3. The smallest absolute Gasteiger partial charge is 0.319 e. The Morgan fingerprint density at radius 2 is 1.81 bits per heavy atom. The number of anilines is 2. The van der Waals surface area contributed by atoms with Crippen LogP contribution in [0.3, 0.4) is 0 Å². The van der Waals surface area contributed by atoms with Gasteiger partial charge in [0.05, 0.1) is 6.04 Å². The predicted octanol–water partition coefficient (Wildman–Crippen LogP) is 3.04. The Balaban J connectivity index is 1.38. The standard InChI is InChI=1S/C19H18ClN3O4/c20-12-1-3-13(4-2-12)21-19(25)22-14-9-18(24)23(11-14)15-5-6-16-17(10-15)27-8-7-26-16/h1-6,10,14H,7-9,11H2,(H2,21,22,25)/t14-/m0/s1. The molecule has 0 aliphatic carbocycles. The number of hydrogen-bond donors (Lipinski definition) is 2. The van der Waals surface area contributed by atoms with Crippen molar-refractivity contribution in [1.29, 1.82) is 0 Å². The number of nitrogens with one attached hydrogen (secondary N) is 2. The topological polar surface area (TPSA) is 79.9 Å². The van der Waals surface area contributed by atoms with Gasteiger partial charge in [0.1, 0.15) is 13.2 Å². The van der Waals surface area contributed by atoms with Gasteiger partial charge in [-0.2, -0.15) is 0 Å². The third kappa shape index (κ3) is 3.93. The predicted molar refractivity (Wildman–Crippen MR) is 102 cm³/mol. The third-order valence-electron chi connectivity index (χ3n) is 4.40. The molecule has 1 fully saturated rings. The fourth-order valence-corrected chi connectivity index (χ4v) is 3.27. The third-order valence-corrected chi connectivity index (χ3v) is 4.65. The zero-order valence-corrected chi connectivity index (χ0v) is 15.2. The molecule has 3 amide bonds. The van der Waals surface area contributed by atoms with Gasteiger partial charge >= 0.3 is 6.03 Å². The quantitative estimate of drug-likeness (QED) is 0.848. The first kappa shape index (κ1) is 17.5. The molecule has 2 aromatic carbocycles. The highest BCUT2D eigenvalue weighted by Gasteiger charge is 2.32. The molecule has 2 aliphatic rings. The molecule has 0 spiro atoms. The minimum absolute atomic E-state index is 0.0523. The van der Waals surface area contributed by atoms with Gasteiger partial charge in [0.15, 0.2) is 11.5 Å². The van der Waals surface area contributed by atoms with Crippen LogP contribution in [0, 0.1) is 0 Å². The van der Waals surface area contributed by atoms with E-state index in [-0.39, 0.29) is 24.4 Å². The van der Waals surface area contributed by atoms with Crippen LogP contribution in [0.25, 0.3) is 0 Å². The van der Waals surface area contributed by atoms with Crippen molar-refractivity contribution in [3.8, 4) is 11.5 Å². The zero-order chi connectivity index (χ0) is 18.8. The summed E-state index contributed by atoms with van der Waals surface area (Å²) in [5.41, 5.74) is 1.36. The Bertz CT molecular complexity index is 872. The summed E-state index contributed by atoms with van der Waals surface area (Å²) in [7, 11) is 0. The van der Waals surface area contributed by atoms with Crippen LogP contribution < -0.4 is 25.0 Å². The molecule has 2 heterocycles. The lowest BCUT2D eigenvalue weighted by Gasteiger charge is -2.22. The second-order valence-electron chi connectivity index (χ2n) is 6.34. The molecule has 0 aromatic heterocycles. The highest BCUT2D eigenvalue weighted by Crippen LogP contribution is 2.35. The Labute approximate surface area is 161 Å². The van der Waals surface area contributed by atoms with Gasteiger partial charge in [0.25, 0.3) is 0 Å². The lowest BCUT2D eigenvalue weighted by Crippen LogP contribution is -2.39. The summed E-state index contributed by atoms with van der Waals surface area (Å²) in [5, 5.41) is 6.16. The molecule has 7 nitrogen and oxygen atoms in total. The van der Waals surface area contributed by atoms with E-state index >= 15 is 0 Å². The Morgan fingerprint density at radius 1 is 1.07 bits per heavy atom. The monoisotopic (exact) mass is 387 g/mol. The van der Waals surface area contributed by atoms with Crippen molar-refractivity contribution in [2.24, 2.45) is 0 Å². The summed E-state index contributed by atoms with van der Waals surface area (Å²) in [6.45, 7) is 1.40. The summed E-state index contributed by atoms with van der Waals surface area (Å²) in [6, 6.07) is 11.6. The molecule has 2 aromatic rings. The van der Waals surface area contributed by atoms with Crippen LogP contribution in [0.1, 0.15) is 6.42 Å². The number of carbonyl (C=O) groups excluding carboxylic acids is 2. The minimum Gasteiger partial charge on any atom is -0.486 e. The number of halogens is 1. The van der Waals surface area contributed by atoms with Gasteiger partial charge < -0.3 is 25.0 Å². The SMILES string of the molecule is O=C(Nc1ccc(Cl)cc1)N[C@H]1CC(=O)N(c2ccc3c(c2)OCCO3)C1. The van der Waals surface area contributed by atoms with Gasteiger partial charge in [-0.05, 0) is 36.4 Å². The highest BCUT2D eigenvalue weighted by molar-refractivity contribution is 6.30. The molecule has 0 bridgehead atoms. The first-order valence-electron chi connectivity index (χ1n) is 8.61. The Kier molecular flexibility index (Phi) is 4.77. The number of ether oxygens (including phenoxy) is 2. The van der Waals surface area contributed by atoms with Crippen LogP contribution in [0.15, 0.2) is 42.5 Å². The molecule has 4 rings (SSSR count). The molecule has 1 saturated heterocycles. The molecule has 27 heavy (non-hydrogen) atoms. The molecular weight excluding hydrogens is 370 g/mol. The van der Waals surface area contributed by atoms with Crippen molar-refractivity contribution in [2.45, 2.75) is 12.5 Å². The molecule has 2 N–H and O–H groups in total. The summed E-state index contributed by atoms with van der Waals surface area (Å²) in [5.74, 6) is 1.25. The van der Waals surface area contributed by atoms with Crippen molar-refractivity contribution in [2.75, 3.05) is 30.0 Å². The lowest BCUT2D eigenvalue weighted by atomic mass is 10.2. The van der Waals surface area contributed by atoms with Crippen molar-refractivity contribution < 1.29 is 19.1 Å². The molecule has 0 unspecified atom stereocenters. The van der Waals surface area contributed by atoms with Gasteiger partial charge in [-0.1, -0.05) is 11.6 Å². The van der Waals surface area contributed by atoms with Crippen LogP contribution in [0.5, 0.6) is 11.5 Å².